The van der Waals surface area contributed by atoms with Gasteiger partial charge in [-0.3, -0.25) is 4.79 Å². The summed E-state index contributed by atoms with van der Waals surface area (Å²) < 4.78 is 5.87. The molecule has 86 valence electrons. The third-order valence-electron chi connectivity index (χ3n) is 3.33. The van der Waals surface area contributed by atoms with Crippen molar-refractivity contribution in [2.45, 2.75) is 12.0 Å². The second-order valence-corrected chi connectivity index (χ2v) is 4.35. The van der Waals surface area contributed by atoms with Crippen LogP contribution in [0.3, 0.4) is 0 Å². The first kappa shape index (κ1) is 10.1. The number of hydrogen-bond acceptors (Lipinski definition) is 2. The number of nitrogens with two attached hydrogens (primary N) is 1. The van der Waals surface area contributed by atoms with E-state index < -0.39 is 0 Å². The lowest BCUT2D eigenvalue weighted by Gasteiger charge is -2.36. The molecule has 1 aliphatic carbocycles. The lowest BCUT2D eigenvalue weighted by atomic mass is 9.77. The number of hydrogen-bond donors (Lipinski definition) is 1. The summed E-state index contributed by atoms with van der Waals surface area (Å²) in [6.45, 7) is 0. The summed E-state index contributed by atoms with van der Waals surface area (Å²) in [6, 6.07) is 7.60. The van der Waals surface area contributed by atoms with Crippen LogP contribution >= 0.6 is 0 Å². The van der Waals surface area contributed by atoms with Crippen LogP contribution in [0.2, 0.25) is 0 Å². The molecule has 1 aromatic rings. The van der Waals surface area contributed by atoms with Crippen molar-refractivity contribution >= 4 is 5.91 Å². The van der Waals surface area contributed by atoms with Crippen molar-refractivity contribution in [3.05, 3.63) is 54.1 Å². The van der Waals surface area contributed by atoms with Crippen LogP contribution < -0.4 is 10.5 Å². The number of benzene rings is 1. The van der Waals surface area contributed by atoms with Crippen LogP contribution in [0.15, 0.2) is 48.6 Å². The van der Waals surface area contributed by atoms with Gasteiger partial charge in [0.05, 0.1) is 5.92 Å². The molecule has 1 aliphatic heterocycles. The van der Waals surface area contributed by atoms with Crippen LogP contribution in [-0.2, 0) is 4.79 Å². The largest absolute Gasteiger partial charge is 0.485 e. The Kier molecular flexibility index (Phi) is 2.25. The minimum absolute atomic E-state index is 0.00685. The van der Waals surface area contributed by atoms with E-state index in [0.29, 0.717) is 0 Å². The van der Waals surface area contributed by atoms with E-state index in [4.69, 9.17) is 10.5 Å². The molecule has 3 nitrogen and oxygen atoms in total. The Hall–Kier alpha value is -2.03. The number of para-hydroxylation sites is 1. The number of allylic oxidation sites excluding steroid dienone is 2. The summed E-state index contributed by atoms with van der Waals surface area (Å²) in [5.74, 6) is 0.173. The number of fused-ring (bicyclic) bond motifs is 2. The third-order valence-corrected chi connectivity index (χ3v) is 3.33. The van der Waals surface area contributed by atoms with Gasteiger partial charge in [0.2, 0.25) is 5.91 Å². The predicted octanol–water partition coefficient (Wildman–Crippen LogP) is 1.76. The number of ether oxygens (including phenoxy) is 1. The van der Waals surface area contributed by atoms with Gasteiger partial charge in [0.15, 0.2) is 0 Å². The summed E-state index contributed by atoms with van der Waals surface area (Å²) in [4.78, 5) is 11.7. The summed E-state index contributed by atoms with van der Waals surface area (Å²) in [5.41, 5.74) is 6.43. The zero-order chi connectivity index (χ0) is 11.8. The second kappa shape index (κ2) is 3.77. The van der Waals surface area contributed by atoms with E-state index >= 15 is 0 Å². The summed E-state index contributed by atoms with van der Waals surface area (Å²) >= 11 is 0. The molecular formula is C14H13NO2. The maximum absolute atomic E-state index is 11.7. The molecule has 3 atom stereocenters. The first-order chi connectivity index (χ1) is 8.27. The lowest BCUT2D eigenvalue weighted by molar-refractivity contribution is -0.121. The first-order valence-electron chi connectivity index (χ1n) is 5.67. The van der Waals surface area contributed by atoms with Gasteiger partial charge in [0, 0.05) is 11.5 Å². The van der Waals surface area contributed by atoms with E-state index in [2.05, 4.69) is 0 Å². The van der Waals surface area contributed by atoms with Crippen LogP contribution in [0.25, 0.3) is 0 Å². The van der Waals surface area contributed by atoms with E-state index in [1.807, 2.05) is 48.6 Å². The number of primary amides is 1. The van der Waals surface area contributed by atoms with Gasteiger partial charge in [-0.15, -0.1) is 0 Å². The van der Waals surface area contributed by atoms with Crippen LogP contribution in [0.5, 0.6) is 5.75 Å². The quantitative estimate of drug-likeness (QED) is 0.794. The van der Waals surface area contributed by atoms with Crippen LogP contribution in [0, 0.1) is 5.92 Å². The van der Waals surface area contributed by atoms with Crippen molar-refractivity contribution in [3.63, 3.8) is 0 Å². The van der Waals surface area contributed by atoms with E-state index in [-0.39, 0.29) is 23.8 Å². The van der Waals surface area contributed by atoms with Gasteiger partial charge in [-0.1, -0.05) is 36.4 Å². The van der Waals surface area contributed by atoms with E-state index in [1.165, 1.54) is 0 Å². The maximum atomic E-state index is 11.7. The molecule has 2 aliphatic rings. The van der Waals surface area contributed by atoms with Crippen LogP contribution in [0.1, 0.15) is 11.5 Å². The number of rotatable bonds is 1. The Bertz CT molecular complexity index is 519. The molecule has 0 fully saturated rings. The molecule has 0 saturated heterocycles. The van der Waals surface area contributed by atoms with Crippen molar-refractivity contribution in [1.82, 2.24) is 0 Å². The number of carbonyl (C=O) groups is 1. The van der Waals surface area contributed by atoms with Gasteiger partial charge in [-0.2, -0.15) is 0 Å². The fraction of sp³-hybridized carbons (Fsp3) is 0.214. The predicted molar refractivity (Wildman–Crippen MR) is 64.6 cm³/mol. The van der Waals surface area contributed by atoms with Crippen LogP contribution in [0.4, 0.5) is 0 Å². The SMILES string of the molecule is NC(=O)C1c2ccccc2OC2C=CC=CC21. The third kappa shape index (κ3) is 1.55. The van der Waals surface area contributed by atoms with E-state index in [0.717, 1.165) is 11.3 Å². The van der Waals surface area contributed by atoms with Gasteiger partial charge < -0.3 is 10.5 Å². The van der Waals surface area contributed by atoms with Gasteiger partial charge >= 0.3 is 0 Å². The molecule has 0 saturated carbocycles. The Balaban J connectivity index is 2.12. The molecule has 3 heteroatoms. The molecule has 17 heavy (non-hydrogen) atoms. The van der Waals surface area contributed by atoms with Crippen molar-refractivity contribution in [2.75, 3.05) is 0 Å². The standard InChI is InChI=1S/C14H13NO2/c15-14(16)13-9-5-1-3-7-11(9)17-12-8-4-2-6-10(12)13/h1-9,11,13H,(H2,15,16). The van der Waals surface area contributed by atoms with Gasteiger partial charge in [0.25, 0.3) is 0 Å². The highest BCUT2D eigenvalue weighted by Gasteiger charge is 2.39. The number of carbonyl (C=O) groups excluding carboxylic acids is 1. The van der Waals surface area contributed by atoms with Gasteiger partial charge in [-0.25, -0.2) is 0 Å². The Morgan fingerprint density at radius 2 is 1.94 bits per heavy atom. The van der Waals surface area contributed by atoms with Crippen molar-refractivity contribution < 1.29 is 9.53 Å². The smallest absolute Gasteiger partial charge is 0.225 e. The molecule has 1 amide bonds. The molecule has 0 radical (unpaired) electrons. The molecule has 3 rings (SSSR count). The zero-order valence-corrected chi connectivity index (χ0v) is 9.24. The van der Waals surface area contributed by atoms with Crippen molar-refractivity contribution in [1.29, 1.82) is 0 Å². The number of amides is 1. The highest BCUT2D eigenvalue weighted by molar-refractivity contribution is 5.84. The van der Waals surface area contributed by atoms with E-state index in [1.54, 1.807) is 0 Å². The van der Waals surface area contributed by atoms with Crippen LogP contribution in [-0.4, -0.2) is 12.0 Å². The molecule has 0 spiro atoms. The monoisotopic (exact) mass is 227 g/mol. The lowest BCUT2D eigenvalue weighted by Crippen LogP contribution is -2.40. The van der Waals surface area contributed by atoms with Gasteiger partial charge in [0.1, 0.15) is 11.9 Å². The summed E-state index contributed by atoms with van der Waals surface area (Å²) in [6.07, 6.45) is 7.75. The highest BCUT2D eigenvalue weighted by atomic mass is 16.5. The zero-order valence-electron chi connectivity index (χ0n) is 9.24. The summed E-state index contributed by atoms with van der Waals surface area (Å²) in [7, 11) is 0. The Morgan fingerprint density at radius 3 is 2.76 bits per heavy atom. The average Bonchev–Trinajstić information content (AvgIpc) is 2.35. The highest BCUT2D eigenvalue weighted by Crippen LogP contribution is 2.41. The topological polar surface area (TPSA) is 52.3 Å². The maximum Gasteiger partial charge on any atom is 0.225 e. The normalized spacial score (nSPS) is 29.1. The molecule has 0 bridgehead atoms. The minimum atomic E-state index is -0.300. The molecule has 2 N–H and O–H groups in total. The fourth-order valence-corrected chi connectivity index (χ4v) is 2.56. The minimum Gasteiger partial charge on any atom is -0.485 e. The molecule has 1 aromatic carbocycles. The molecule has 0 aromatic heterocycles. The molecule has 1 heterocycles. The van der Waals surface area contributed by atoms with E-state index in [9.17, 15) is 4.79 Å². The molecule has 3 unspecified atom stereocenters. The Labute approximate surface area is 99.6 Å². The second-order valence-electron chi connectivity index (χ2n) is 4.35. The van der Waals surface area contributed by atoms with Crippen molar-refractivity contribution in [2.24, 2.45) is 11.7 Å². The summed E-state index contributed by atoms with van der Waals surface area (Å²) in [5, 5.41) is 0. The average molecular weight is 227 g/mol. The Morgan fingerprint density at radius 1 is 1.18 bits per heavy atom. The fourth-order valence-electron chi connectivity index (χ4n) is 2.56. The first-order valence-corrected chi connectivity index (χ1v) is 5.67. The van der Waals surface area contributed by atoms with Crippen molar-refractivity contribution in [3.8, 4) is 5.75 Å². The molecular weight excluding hydrogens is 214 g/mol. The van der Waals surface area contributed by atoms with Gasteiger partial charge in [-0.05, 0) is 12.1 Å².